The Balaban J connectivity index is 2.23. The van der Waals surface area contributed by atoms with E-state index in [1.165, 1.54) is 16.9 Å². The molecule has 2 atom stereocenters. The molecule has 1 fully saturated rings. The molecule has 0 radical (unpaired) electrons. The van der Waals surface area contributed by atoms with Crippen molar-refractivity contribution in [2.45, 2.75) is 43.5 Å². The Morgan fingerprint density at radius 3 is 2.55 bits per heavy atom. The average Bonchev–Trinajstić information content (AvgIpc) is 2.47. The summed E-state index contributed by atoms with van der Waals surface area (Å²) >= 11 is 0. The molecule has 1 heterocycles. The predicted octanol–water partition coefficient (Wildman–Crippen LogP) is 2.32. The number of aromatic nitrogens is 1. The molecule has 2 rings (SSSR count). The van der Waals surface area contributed by atoms with Crippen LogP contribution in [0.25, 0.3) is 0 Å². The highest BCUT2D eigenvalue weighted by Crippen LogP contribution is 2.30. The number of anilines is 1. The molecule has 20 heavy (non-hydrogen) atoms. The summed E-state index contributed by atoms with van der Waals surface area (Å²) in [5, 5.41) is 2.89. The summed E-state index contributed by atoms with van der Waals surface area (Å²) in [6.07, 6.45) is 5.77. The number of nitrogens with zero attached hydrogens (tertiary/aromatic N) is 2. The Labute approximate surface area is 121 Å². The van der Waals surface area contributed by atoms with E-state index < -0.39 is 10.0 Å². The quantitative estimate of drug-likeness (QED) is 0.926. The molecule has 0 saturated heterocycles. The lowest BCUT2D eigenvalue weighted by Crippen LogP contribution is -2.42. The smallest absolute Gasteiger partial charge is 0.244 e. The number of sulfonamides is 1. The van der Waals surface area contributed by atoms with Crippen LogP contribution in [0.4, 0.5) is 5.82 Å². The third-order valence-electron chi connectivity index (χ3n) is 4.20. The second kappa shape index (κ2) is 6.10. The van der Waals surface area contributed by atoms with E-state index in [1.54, 1.807) is 26.2 Å². The van der Waals surface area contributed by atoms with Gasteiger partial charge >= 0.3 is 0 Å². The van der Waals surface area contributed by atoms with E-state index in [0.717, 1.165) is 19.3 Å². The zero-order chi connectivity index (χ0) is 14.8. The highest BCUT2D eigenvalue weighted by atomic mass is 32.2. The van der Waals surface area contributed by atoms with Crippen LogP contribution in [0.3, 0.4) is 0 Å². The minimum atomic E-state index is -3.45. The molecule has 112 valence electrons. The maximum atomic E-state index is 12.6. The van der Waals surface area contributed by atoms with Crippen LogP contribution in [0, 0.1) is 5.92 Å². The van der Waals surface area contributed by atoms with Gasteiger partial charge in [-0.25, -0.2) is 13.4 Å². The molecule has 0 aliphatic heterocycles. The van der Waals surface area contributed by atoms with Crippen molar-refractivity contribution in [3.63, 3.8) is 0 Å². The summed E-state index contributed by atoms with van der Waals surface area (Å²) in [4.78, 5) is 4.35. The normalized spacial score (nSPS) is 23.8. The van der Waals surface area contributed by atoms with Gasteiger partial charge in [0.25, 0.3) is 0 Å². The topological polar surface area (TPSA) is 62.3 Å². The maximum absolute atomic E-state index is 12.6. The standard InChI is InChI=1S/C14H23N3O2S/c1-11-6-4-5-7-13(11)17(3)20(18,19)12-8-9-14(15-2)16-10-12/h8-11,13H,4-7H2,1-3H3,(H,15,16). The molecule has 0 aromatic carbocycles. The van der Waals surface area contributed by atoms with Gasteiger partial charge in [0, 0.05) is 26.3 Å². The van der Waals surface area contributed by atoms with Gasteiger partial charge in [-0.05, 0) is 30.9 Å². The summed E-state index contributed by atoms with van der Waals surface area (Å²) in [6, 6.07) is 3.39. The first-order valence-electron chi connectivity index (χ1n) is 7.08. The summed E-state index contributed by atoms with van der Waals surface area (Å²) in [5.74, 6) is 1.07. The summed E-state index contributed by atoms with van der Waals surface area (Å²) < 4.78 is 26.8. The first-order valence-corrected chi connectivity index (χ1v) is 8.52. The van der Waals surface area contributed by atoms with E-state index in [1.807, 2.05) is 0 Å². The van der Waals surface area contributed by atoms with Crippen LogP contribution in [0.15, 0.2) is 23.2 Å². The van der Waals surface area contributed by atoms with Gasteiger partial charge in [0.05, 0.1) is 0 Å². The zero-order valence-electron chi connectivity index (χ0n) is 12.3. The van der Waals surface area contributed by atoms with Crippen LogP contribution in [0.5, 0.6) is 0 Å². The minimum absolute atomic E-state index is 0.0951. The van der Waals surface area contributed by atoms with Gasteiger partial charge in [-0.3, -0.25) is 0 Å². The molecule has 0 bridgehead atoms. The first kappa shape index (κ1) is 15.3. The van der Waals surface area contributed by atoms with Crippen LogP contribution in [-0.2, 0) is 10.0 Å². The molecular weight excluding hydrogens is 274 g/mol. The van der Waals surface area contributed by atoms with Crippen molar-refractivity contribution >= 4 is 15.8 Å². The van der Waals surface area contributed by atoms with E-state index in [-0.39, 0.29) is 10.9 Å². The van der Waals surface area contributed by atoms with E-state index in [2.05, 4.69) is 17.2 Å². The lowest BCUT2D eigenvalue weighted by atomic mass is 9.86. The average molecular weight is 297 g/mol. The molecule has 2 unspecified atom stereocenters. The number of hydrogen-bond donors (Lipinski definition) is 1. The highest BCUT2D eigenvalue weighted by molar-refractivity contribution is 7.89. The molecule has 0 spiro atoms. The minimum Gasteiger partial charge on any atom is -0.373 e. The van der Waals surface area contributed by atoms with Crippen LogP contribution >= 0.6 is 0 Å². The van der Waals surface area contributed by atoms with Crippen molar-refractivity contribution in [3.05, 3.63) is 18.3 Å². The zero-order valence-corrected chi connectivity index (χ0v) is 13.2. The van der Waals surface area contributed by atoms with Gasteiger partial charge in [-0.1, -0.05) is 19.8 Å². The molecule has 1 aromatic rings. The van der Waals surface area contributed by atoms with Gasteiger partial charge in [-0.2, -0.15) is 4.31 Å². The van der Waals surface area contributed by atoms with Crippen LogP contribution < -0.4 is 5.32 Å². The van der Waals surface area contributed by atoms with Crippen molar-refractivity contribution < 1.29 is 8.42 Å². The number of pyridine rings is 1. The van der Waals surface area contributed by atoms with E-state index >= 15 is 0 Å². The molecule has 1 aliphatic rings. The summed E-state index contributed by atoms with van der Waals surface area (Å²) in [7, 11) is -0.00887. The molecule has 0 amide bonds. The molecule has 1 saturated carbocycles. The number of rotatable bonds is 4. The third-order valence-corrected chi connectivity index (χ3v) is 6.07. The van der Waals surface area contributed by atoms with Crippen molar-refractivity contribution in [2.24, 2.45) is 5.92 Å². The van der Waals surface area contributed by atoms with Crippen molar-refractivity contribution in [1.82, 2.24) is 9.29 Å². The Hall–Kier alpha value is -1.14. The fraction of sp³-hybridized carbons (Fsp3) is 0.643. The van der Waals surface area contributed by atoms with Gasteiger partial charge in [-0.15, -0.1) is 0 Å². The van der Waals surface area contributed by atoms with E-state index in [9.17, 15) is 8.42 Å². The predicted molar refractivity (Wildman–Crippen MR) is 80.2 cm³/mol. The van der Waals surface area contributed by atoms with Crippen LogP contribution in [0.2, 0.25) is 0 Å². The lowest BCUT2D eigenvalue weighted by molar-refractivity contribution is 0.213. The molecule has 5 nitrogen and oxygen atoms in total. The maximum Gasteiger partial charge on any atom is 0.244 e. The number of hydrogen-bond acceptors (Lipinski definition) is 4. The fourth-order valence-corrected chi connectivity index (χ4v) is 4.29. The van der Waals surface area contributed by atoms with Crippen molar-refractivity contribution in [1.29, 1.82) is 0 Å². The summed E-state index contributed by atoms with van der Waals surface area (Å²) in [5.41, 5.74) is 0. The van der Waals surface area contributed by atoms with Crippen molar-refractivity contribution in [3.8, 4) is 0 Å². The first-order chi connectivity index (χ1) is 9.46. The highest BCUT2D eigenvalue weighted by Gasteiger charge is 2.33. The van der Waals surface area contributed by atoms with Crippen LogP contribution in [0.1, 0.15) is 32.6 Å². The molecule has 6 heteroatoms. The van der Waals surface area contributed by atoms with Gasteiger partial charge in [0.1, 0.15) is 10.7 Å². The Kier molecular flexibility index (Phi) is 4.65. The van der Waals surface area contributed by atoms with Gasteiger partial charge < -0.3 is 5.32 Å². The largest absolute Gasteiger partial charge is 0.373 e. The van der Waals surface area contributed by atoms with Crippen LogP contribution in [-0.4, -0.2) is 37.8 Å². The summed E-state index contributed by atoms with van der Waals surface area (Å²) in [6.45, 7) is 2.14. The van der Waals surface area contributed by atoms with Crippen molar-refractivity contribution in [2.75, 3.05) is 19.4 Å². The lowest BCUT2D eigenvalue weighted by Gasteiger charge is -2.35. The van der Waals surface area contributed by atoms with E-state index in [4.69, 9.17) is 0 Å². The fourth-order valence-electron chi connectivity index (χ4n) is 2.86. The SMILES string of the molecule is CNc1ccc(S(=O)(=O)N(C)C2CCCCC2C)cn1. The number of nitrogens with one attached hydrogen (secondary N) is 1. The monoisotopic (exact) mass is 297 g/mol. The molecule has 1 aliphatic carbocycles. The molecular formula is C14H23N3O2S. The third kappa shape index (κ3) is 2.96. The van der Waals surface area contributed by atoms with Gasteiger partial charge in [0.2, 0.25) is 10.0 Å². The van der Waals surface area contributed by atoms with E-state index in [0.29, 0.717) is 11.7 Å². The Morgan fingerprint density at radius 2 is 2.00 bits per heavy atom. The Morgan fingerprint density at radius 1 is 1.30 bits per heavy atom. The molecule has 1 aromatic heterocycles. The Bertz CT molecular complexity index is 542. The molecule has 1 N–H and O–H groups in total. The second-order valence-corrected chi connectivity index (χ2v) is 7.48. The van der Waals surface area contributed by atoms with Gasteiger partial charge in [0.15, 0.2) is 0 Å². The second-order valence-electron chi connectivity index (χ2n) is 5.48.